The molecule has 0 spiro atoms. The van der Waals surface area contributed by atoms with Gasteiger partial charge in [-0.25, -0.2) is 0 Å². The number of morpholine rings is 2. The first-order chi connectivity index (χ1) is 21.7. The Morgan fingerprint density at radius 3 is 2.07 bits per heavy atom. The maximum atomic E-state index is 14.0. The summed E-state index contributed by atoms with van der Waals surface area (Å²) in [7, 11) is 0. The third-order valence-electron chi connectivity index (χ3n) is 8.47. The average molecular weight is 622 g/mol. The van der Waals surface area contributed by atoms with Gasteiger partial charge in [-0.3, -0.25) is 19.4 Å². The minimum atomic E-state index is -0.256. The molecule has 2 fully saturated rings. The third-order valence-corrected chi connectivity index (χ3v) is 8.47. The smallest absolute Gasteiger partial charge is 0.255 e. The Bertz CT molecular complexity index is 1320. The van der Waals surface area contributed by atoms with Gasteiger partial charge in [0.05, 0.1) is 54.2 Å². The summed E-state index contributed by atoms with van der Waals surface area (Å²) in [5.74, 6) is 0.272. The lowest BCUT2D eigenvalue weighted by molar-refractivity contribution is -0.143. The van der Waals surface area contributed by atoms with E-state index in [4.69, 9.17) is 14.2 Å². The van der Waals surface area contributed by atoms with E-state index in [2.05, 4.69) is 4.98 Å². The van der Waals surface area contributed by atoms with E-state index in [-0.39, 0.29) is 55.2 Å². The number of hydrogen-bond donors (Lipinski definition) is 0. The lowest BCUT2D eigenvalue weighted by atomic mass is 10.1. The van der Waals surface area contributed by atoms with Crippen LogP contribution in [0.15, 0.2) is 42.7 Å². The molecule has 11 heteroatoms. The third kappa shape index (κ3) is 8.52. The highest BCUT2D eigenvalue weighted by Gasteiger charge is 2.31. The molecule has 2 bridgehead atoms. The molecule has 1 aromatic heterocycles. The summed E-state index contributed by atoms with van der Waals surface area (Å²) in [6.45, 7) is 10.9. The maximum absolute atomic E-state index is 14.0. The Labute approximate surface area is 266 Å². The molecule has 0 saturated carbocycles. The van der Waals surface area contributed by atoms with Crippen molar-refractivity contribution in [3.63, 3.8) is 0 Å². The van der Waals surface area contributed by atoms with Crippen molar-refractivity contribution >= 4 is 29.1 Å². The van der Waals surface area contributed by atoms with E-state index in [1.54, 1.807) is 22.1 Å². The van der Waals surface area contributed by atoms with Crippen molar-refractivity contribution in [2.45, 2.75) is 77.8 Å². The quantitative estimate of drug-likeness (QED) is 0.507. The van der Waals surface area contributed by atoms with Crippen LogP contribution in [0.2, 0.25) is 0 Å². The molecule has 4 atom stereocenters. The number of nitrogens with zero attached hydrogens (tertiary/aromatic N) is 5. The number of rotatable bonds is 4. The predicted molar refractivity (Wildman–Crippen MR) is 171 cm³/mol. The molecule has 11 nitrogen and oxygen atoms in total. The molecule has 244 valence electrons. The van der Waals surface area contributed by atoms with Gasteiger partial charge in [-0.1, -0.05) is 25.0 Å². The highest BCUT2D eigenvalue weighted by atomic mass is 16.5. The zero-order valence-corrected chi connectivity index (χ0v) is 27.0. The van der Waals surface area contributed by atoms with E-state index < -0.39 is 0 Å². The number of amides is 3. The van der Waals surface area contributed by atoms with Gasteiger partial charge < -0.3 is 33.8 Å². The number of benzene rings is 1. The highest BCUT2D eigenvalue weighted by molar-refractivity contribution is 5.97. The Balaban J connectivity index is 1.45. The molecule has 0 N–H and O–H groups in total. The lowest BCUT2D eigenvalue weighted by Gasteiger charge is -2.37. The summed E-state index contributed by atoms with van der Waals surface area (Å²) >= 11 is 0. The van der Waals surface area contributed by atoms with Crippen LogP contribution in [0.1, 0.15) is 63.7 Å². The van der Waals surface area contributed by atoms with Gasteiger partial charge in [-0.05, 0) is 58.7 Å². The van der Waals surface area contributed by atoms with Crippen molar-refractivity contribution in [1.29, 1.82) is 0 Å². The van der Waals surface area contributed by atoms with E-state index in [9.17, 15) is 14.4 Å². The first-order valence-corrected chi connectivity index (χ1v) is 16.3. The number of carbonyl (C=O) groups is 3. The van der Waals surface area contributed by atoms with Crippen LogP contribution >= 0.6 is 0 Å². The van der Waals surface area contributed by atoms with Crippen molar-refractivity contribution in [3.8, 4) is 5.75 Å². The summed E-state index contributed by atoms with van der Waals surface area (Å²) in [6.07, 6.45) is 6.43. The van der Waals surface area contributed by atoms with Crippen LogP contribution < -0.4 is 9.64 Å². The van der Waals surface area contributed by atoms with Gasteiger partial charge in [-0.2, -0.15) is 0 Å². The molecule has 4 unspecified atom stereocenters. The van der Waals surface area contributed by atoms with Gasteiger partial charge in [0.15, 0.2) is 0 Å². The first kappa shape index (κ1) is 32.7. The molecule has 2 aromatic rings. The Morgan fingerprint density at radius 2 is 1.40 bits per heavy atom. The zero-order chi connectivity index (χ0) is 31.9. The van der Waals surface area contributed by atoms with Crippen LogP contribution in [0, 0.1) is 0 Å². The zero-order valence-electron chi connectivity index (χ0n) is 27.0. The minimum absolute atomic E-state index is 0.00988. The van der Waals surface area contributed by atoms with Gasteiger partial charge in [0.2, 0.25) is 11.8 Å². The normalized spacial score (nSPS) is 25.1. The number of hydrogen-bond acceptors (Lipinski definition) is 8. The topological polar surface area (TPSA) is 105 Å². The Morgan fingerprint density at radius 1 is 0.800 bits per heavy atom. The fourth-order valence-electron chi connectivity index (χ4n) is 6.45. The van der Waals surface area contributed by atoms with E-state index in [0.717, 1.165) is 31.4 Å². The second kappa shape index (κ2) is 15.1. The maximum Gasteiger partial charge on any atom is 0.255 e. The summed E-state index contributed by atoms with van der Waals surface area (Å²) < 4.78 is 17.9. The molecule has 5 rings (SSSR count). The van der Waals surface area contributed by atoms with Crippen molar-refractivity contribution in [2.75, 3.05) is 57.3 Å². The number of fused-ring (bicyclic) bond motifs is 3. The van der Waals surface area contributed by atoms with Crippen molar-refractivity contribution < 1.29 is 28.6 Å². The molecular weight excluding hydrogens is 574 g/mol. The van der Waals surface area contributed by atoms with Crippen molar-refractivity contribution in [3.05, 3.63) is 48.3 Å². The summed E-state index contributed by atoms with van der Waals surface area (Å²) in [5.41, 5.74) is 1.68. The van der Waals surface area contributed by atoms with Gasteiger partial charge in [0.1, 0.15) is 18.8 Å². The molecular formula is C34H47N5O6. The summed E-state index contributed by atoms with van der Waals surface area (Å²) in [4.78, 5) is 52.8. The molecule has 0 aliphatic carbocycles. The molecule has 3 aliphatic heterocycles. The molecule has 3 aliphatic rings. The van der Waals surface area contributed by atoms with Gasteiger partial charge in [-0.15, -0.1) is 0 Å². The van der Waals surface area contributed by atoms with Crippen LogP contribution in [0.3, 0.4) is 0 Å². The minimum Gasteiger partial charge on any atom is -0.491 e. The predicted octanol–water partition coefficient (Wildman–Crippen LogP) is 3.89. The molecule has 4 heterocycles. The standard InChI is InChI=1S/C34H47N5O6/c1-24-18-37(19-25(2)44-24)32(40)22-36-13-9-5-6-10-14-43-31-12-8-7-11-30(31)39(29-15-28(34(36)42)16-35-17-29)23-33(41)38-20-26(3)45-27(4)21-38/h7-8,11-12,15-17,24-27H,5-6,9-10,13-14,18-23H2,1-4H3. The number of pyridine rings is 1. The Hall–Kier alpha value is -3.70. The van der Waals surface area contributed by atoms with Gasteiger partial charge in [0, 0.05) is 38.9 Å². The number of anilines is 2. The van der Waals surface area contributed by atoms with Gasteiger partial charge >= 0.3 is 0 Å². The molecule has 1 aromatic carbocycles. The number of carbonyl (C=O) groups excluding carboxylic acids is 3. The van der Waals surface area contributed by atoms with E-state index in [1.165, 1.54) is 6.20 Å². The highest BCUT2D eigenvalue weighted by Crippen LogP contribution is 2.34. The number of para-hydroxylation sites is 2. The first-order valence-electron chi connectivity index (χ1n) is 16.3. The molecule has 2 saturated heterocycles. The van der Waals surface area contributed by atoms with E-state index in [0.29, 0.717) is 56.3 Å². The van der Waals surface area contributed by atoms with Gasteiger partial charge in [0.25, 0.3) is 5.91 Å². The second-order valence-electron chi connectivity index (χ2n) is 12.6. The van der Waals surface area contributed by atoms with Crippen LogP contribution in [0.5, 0.6) is 5.75 Å². The monoisotopic (exact) mass is 621 g/mol. The largest absolute Gasteiger partial charge is 0.491 e. The fourth-order valence-corrected chi connectivity index (χ4v) is 6.45. The van der Waals surface area contributed by atoms with E-state index >= 15 is 0 Å². The molecule has 45 heavy (non-hydrogen) atoms. The van der Waals surface area contributed by atoms with Crippen LogP contribution in [0.25, 0.3) is 0 Å². The second-order valence-corrected chi connectivity index (χ2v) is 12.6. The van der Waals surface area contributed by atoms with Crippen LogP contribution in [-0.4, -0.2) is 114 Å². The molecule has 0 radical (unpaired) electrons. The Kier molecular flexibility index (Phi) is 10.9. The summed E-state index contributed by atoms with van der Waals surface area (Å²) in [6, 6.07) is 9.43. The SMILES string of the molecule is CC1CN(C(=O)CN2CCCCCCOc3ccccc3N(CC(=O)N3CC(C)OC(C)C3)c3cncc(c3)C2=O)CC(C)O1. The average Bonchev–Trinajstić information content (AvgIpc) is 3.01. The van der Waals surface area contributed by atoms with Crippen LogP contribution in [-0.2, 0) is 19.1 Å². The van der Waals surface area contributed by atoms with Crippen molar-refractivity contribution in [2.24, 2.45) is 0 Å². The molecule has 3 amide bonds. The number of aromatic nitrogens is 1. The summed E-state index contributed by atoms with van der Waals surface area (Å²) in [5, 5.41) is 0. The lowest BCUT2D eigenvalue weighted by Crippen LogP contribution is -2.51. The van der Waals surface area contributed by atoms with E-state index in [1.807, 2.05) is 61.8 Å². The van der Waals surface area contributed by atoms with Crippen molar-refractivity contribution in [1.82, 2.24) is 19.7 Å². The fraction of sp³-hybridized carbons (Fsp3) is 0.588. The van der Waals surface area contributed by atoms with Crippen LogP contribution in [0.4, 0.5) is 11.4 Å². The number of ether oxygens (including phenoxy) is 3.